The summed E-state index contributed by atoms with van der Waals surface area (Å²) in [6.07, 6.45) is 0.887. The molecule has 2 aromatic carbocycles. The summed E-state index contributed by atoms with van der Waals surface area (Å²) < 4.78 is 4.74. The molecule has 2 aromatic rings. The predicted molar refractivity (Wildman–Crippen MR) is 77.6 cm³/mol. The number of rotatable bonds is 3. The van der Waals surface area contributed by atoms with Gasteiger partial charge in [0.2, 0.25) is 0 Å². The first-order valence-electron chi connectivity index (χ1n) is 6.13. The van der Waals surface area contributed by atoms with Gasteiger partial charge in [0.1, 0.15) is 0 Å². The fraction of sp³-hybridized carbons (Fsp3) is 0.188. The minimum atomic E-state index is -0.325. The van der Waals surface area contributed by atoms with Crippen LogP contribution in [0.1, 0.15) is 22.8 Å². The average Bonchev–Trinajstić information content (AvgIpc) is 2.46. The number of aryl methyl sites for hydroxylation is 1. The van der Waals surface area contributed by atoms with Crippen molar-refractivity contribution in [2.24, 2.45) is 0 Å². The Morgan fingerprint density at radius 2 is 2.00 bits per heavy atom. The first kappa shape index (κ1) is 13.6. The van der Waals surface area contributed by atoms with Crippen LogP contribution in [0, 0.1) is 0 Å². The molecular weight excluding hydrogens is 260 g/mol. The van der Waals surface area contributed by atoms with Crippen molar-refractivity contribution in [3.05, 3.63) is 58.6 Å². The molecule has 0 radical (unpaired) electrons. The van der Waals surface area contributed by atoms with E-state index in [0.29, 0.717) is 5.56 Å². The van der Waals surface area contributed by atoms with Crippen molar-refractivity contribution in [2.75, 3.05) is 7.11 Å². The molecule has 0 N–H and O–H groups in total. The normalized spacial score (nSPS) is 10.3. The summed E-state index contributed by atoms with van der Waals surface area (Å²) in [4.78, 5) is 11.6. The van der Waals surface area contributed by atoms with E-state index in [0.717, 1.165) is 28.1 Å². The highest BCUT2D eigenvalue weighted by molar-refractivity contribution is 6.30. The lowest BCUT2D eigenvalue weighted by Gasteiger charge is -2.10. The molecule has 0 unspecified atom stereocenters. The summed E-state index contributed by atoms with van der Waals surface area (Å²) in [5, 5.41) is 0.727. The van der Waals surface area contributed by atoms with Crippen molar-refractivity contribution in [1.82, 2.24) is 0 Å². The standard InChI is InChI=1S/C16H15ClO2/c1-3-11-10-14(17)7-8-15(11)12-5-4-6-13(9-12)16(18)19-2/h4-10H,3H2,1-2H3. The fourth-order valence-electron chi connectivity index (χ4n) is 2.07. The number of benzene rings is 2. The third kappa shape index (κ3) is 2.96. The van der Waals surface area contributed by atoms with E-state index in [1.807, 2.05) is 36.4 Å². The van der Waals surface area contributed by atoms with Crippen molar-refractivity contribution in [2.45, 2.75) is 13.3 Å². The smallest absolute Gasteiger partial charge is 0.337 e. The molecule has 3 heteroatoms. The minimum Gasteiger partial charge on any atom is -0.465 e. The molecule has 0 saturated carbocycles. The van der Waals surface area contributed by atoms with E-state index in [4.69, 9.17) is 16.3 Å². The predicted octanol–water partition coefficient (Wildman–Crippen LogP) is 4.36. The molecule has 0 aliphatic carbocycles. The molecule has 0 amide bonds. The number of hydrogen-bond donors (Lipinski definition) is 0. The van der Waals surface area contributed by atoms with E-state index in [1.165, 1.54) is 7.11 Å². The summed E-state index contributed by atoms with van der Waals surface area (Å²) in [6, 6.07) is 13.2. The largest absolute Gasteiger partial charge is 0.465 e. The van der Waals surface area contributed by atoms with Gasteiger partial charge in [-0.05, 0) is 47.4 Å². The molecule has 0 heterocycles. The monoisotopic (exact) mass is 274 g/mol. The number of esters is 1. The number of halogens is 1. The lowest BCUT2D eigenvalue weighted by Crippen LogP contribution is -2.01. The molecule has 0 atom stereocenters. The molecule has 0 fully saturated rings. The van der Waals surface area contributed by atoms with Crippen LogP contribution >= 0.6 is 11.6 Å². The Hall–Kier alpha value is -1.80. The number of ether oxygens (including phenoxy) is 1. The maximum atomic E-state index is 11.6. The first-order valence-corrected chi connectivity index (χ1v) is 6.50. The zero-order valence-corrected chi connectivity index (χ0v) is 11.7. The van der Waals surface area contributed by atoms with Gasteiger partial charge in [-0.15, -0.1) is 0 Å². The third-order valence-electron chi connectivity index (χ3n) is 3.04. The van der Waals surface area contributed by atoms with E-state index in [2.05, 4.69) is 6.92 Å². The molecule has 0 aromatic heterocycles. The summed E-state index contributed by atoms with van der Waals surface area (Å²) in [7, 11) is 1.38. The SMILES string of the molecule is CCc1cc(Cl)ccc1-c1cccc(C(=O)OC)c1. The van der Waals surface area contributed by atoms with Crippen LogP contribution in [0.5, 0.6) is 0 Å². The Morgan fingerprint density at radius 1 is 1.21 bits per heavy atom. The van der Waals surface area contributed by atoms with Gasteiger partial charge in [0, 0.05) is 5.02 Å². The zero-order chi connectivity index (χ0) is 13.8. The van der Waals surface area contributed by atoms with Gasteiger partial charge in [-0.1, -0.05) is 36.7 Å². The molecule has 0 aliphatic heterocycles. The van der Waals surface area contributed by atoms with Crippen LogP contribution in [-0.4, -0.2) is 13.1 Å². The van der Waals surface area contributed by atoms with Gasteiger partial charge < -0.3 is 4.74 Å². The van der Waals surface area contributed by atoms with Gasteiger partial charge >= 0.3 is 5.97 Å². The topological polar surface area (TPSA) is 26.3 Å². The van der Waals surface area contributed by atoms with Crippen molar-refractivity contribution < 1.29 is 9.53 Å². The maximum absolute atomic E-state index is 11.6. The van der Waals surface area contributed by atoms with E-state index >= 15 is 0 Å². The highest BCUT2D eigenvalue weighted by Gasteiger charge is 2.09. The van der Waals surface area contributed by atoms with Crippen LogP contribution in [0.2, 0.25) is 5.02 Å². The van der Waals surface area contributed by atoms with Gasteiger partial charge in [-0.2, -0.15) is 0 Å². The molecule has 0 saturated heterocycles. The second-order valence-corrected chi connectivity index (χ2v) is 4.66. The summed E-state index contributed by atoms with van der Waals surface area (Å²) in [5.41, 5.74) is 3.81. The maximum Gasteiger partial charge on any atom is 0.337 e. The van der Waals surface area contributed by atoms with E-state index in [-0.39, 0.29) is 5.97 Å². The summed E-state index contributed by atoms with van der Waals surface area (Å²) in [5.74, 6) is -0.325. The number of carbonyl (C=O) groups excluding carboxylic acids is 1. The molecule has 0 spiro atoms. The number of carbonyl (C=O) groups is 1. The zero-order valence-electron chi connectivity index (χ0n) is 10.9. The van der Waals surface area contributed by atoms with Crippen LogP contribution in [0.25, 0.3) is 11.1 Å². The average molecular weight is 275 g/mol. The van der Waals surface area contributed by atoms with Crippen molar-refractivity contribution >= 4 is 17.6 Å². The van der Waals surface area contributed by atoms with Gasteiger partial charge in [-0.3, -0.25) is 0 Å². The molecular formula is C16H15ClO2. The fourth-order valence-corrected chi connectivity index (χ4v) is 2.26. The Kier molecular flexibility index (Phi) is 4.23. The van der Waals surface area contributed by atoms with Crippen LogP contribution in [-0.2, 0) is 11.2 Å². The Balaban J connectivity index is 2.50. The molecule has 0 aliphatic rings. The van der Waals surface area contributed by atoms with E-state index in [9.17, 15) is 4.79 Å². The van der Waals surface area contributed by atoms with Gasteiger partial charge in [0.25, 0.3) is 0 Å². The van der Waals surface area contributed by atoms with E-state index < -0.39 is 0 Å². The molecule has 2 nitrogen and oxygen atoms in total. The van der Waals surface area contributed by atoms with Crippen LogP contribution in [0.15, 0.2) is 42.5 Å². The Labute approximate surface area is 118 Å². The lowest BCUT2D eigenvalue weighted by molar-refractivity contribution is 0.0601. The molecule has 19 heavy (non-hydrogen) atoms. The van der Waals surface area contributed by atoms with Crippen LogP contribution in [0.3, 0.4) is 0 Å². The molecule has 98 valence electrons. The van der Waals surface area contributed by atoms with Crippen molar-refractivity contribution in [3.63, 3.8) is 0 Å². The molecule has 0 bridgehead atoms. The summed E-state index contributed by atoms with van der Waals surface area (Å²) in [6.45, 7) is 2.08. The van der Waals surface area contributed by atoms with Gasteiger partial charge in [-0.25, -0.2) is 4.79 Å². The van der Waals surface area contributed by atoms with Crippen molar-refractivity contribution in [1.29, 1.82) is 0 Å². The van der Waals surface area contributed by atoms with Gasteiger partial charge in [0.05, 0.1) is 12.7 Å². The summed E-state index contributed by atoms with van der Waals surface area (Å²) >= 11 is 6.01. The van der Waals surface area contributed by atoms with Crippen LogP contribution < -0.4 is 0 Å². The minimum absolute atomic E-state index is 0.325. The number of hydrogen-bond acceptors (Lipinski definition) is 2. The highest BCUT2D eigenvalue weighted by atomic mass is 35.5. The Bertz CT molecular complexity index is 605. The number of methoxy groups -OCH3 is 1. The van der Waals surface area contributed by atoms with Crippen molar-refractivity contribution in [3.8, 4) is 11.1 Å². The third-order valence-corrected chi connectivity index (χ3v) is 3.28. The second kappa shape index (κ2) is 5.89. The van der Waals surface area contributed by atoms with Crippen LogP contribution in [0.4, 0.5) is 0 Å². The lowest BCUT2D eigenvalue weighted by atomic mass is 9.97. The molecule has 2 rings (SSSR count). The second-order valence-electron chi connectivity index (χ2n) is 4.23. The van der Waals surface area contributed by atoms with Gasteiger partial charge in [0.15, 0.2) is 0 Å². The Morgan fingerprint density at radius 3 is 2.68 bits per heavy atom. The first-order chi connectivity index (χ1) is 9.15. The quantitative estimate of drug-likeness (QED) is 0.778. The highest BCUT2D eigenvalue weighted by Crippen LogP contribution is 2.27. The van der Waals surface area contributed by atoms with E-state index in [1.54, 1.807) is 6.07 Å².